The summed E-state index contributed by atoms with van der Waals surface area (Å²) in [6, 6.07) is 17.9. The number of hydrogen-bond donors (Lipinski definition) is 1. The van der Waals surface area contributed by atoms with Gasteiger partial charge in [0.1, 0.15) is 24.7 Å². The molecule has 1 aliphatic heterocycles. The molecule has 0 saturated carbocycles. The third-order valence-corrected chi connectivity index (χ3v) is 5.28. The van der Waals surface area contributed by atoms with E-state index in [4.69, 9.17) is 9.72 Å². The molecule has 0 spiro atoms. The van der Waals surface area contributed by atoms with Crippen LogP contribution in [0.3, 0.4) is 0 Å². The predicted molar refractivity (Wildman–Crippen MR) is 124 cm³/mol. The zero-order valence-corrected chi connectivity index (χ0v) is 18.6. The number of likely N-dealkylation sites (N-methyl/N-ethyl adjacent to an activating group) is 1. The monoisotopic (exact) mass is 450 g/mol. The van der Waals surface area contributed by atoms with Crippen molar-refractivity contribution in [2.75, 3.05) is 20.1 Å². The standard InChI is InChI=1S/C22H26N4O2.2ClH/c1-23-14-17-8-7-13-25(17)22(27)15-26-20-12-6-5-11-19(20)24-21(26)16-28-18-9-3-2-4-10-18;;/h2-6,9-12,17,23H,7-8,13-16H2,1H3;2*1H. The first-order chi connectivity index (χ1) is 13.8. The number of aromatic nitrogens is 2. The van der Waals surface area contributed by atoms with E-state index in [-0.39, 0.29) is 43.3 Å². The lowest BCUT2D eigenvalue weighted by Gasteiger charge is -2.25. The Bertz CT molecular complexity index is 949. The molecule has 1 aliphatic rings. The van der Waals surface area contributed by atoms with Crippen molar-refractivity contribution in [1.82, 2.24) is 19.8 Å². The number of nitrogens with zero attached hydrogens (tertiary/aromatic N) is 3. The van der Waals surface area contributed by atoms with E-state index >= 15 is 0 Å². The molecule has 1 fully saturated rings. The van der Waals surface area contributed by atoms with Gasteiger partial charge in [-0.1, -0.05) is 30.3 Å². The van der Waals surface area contributed by atoms with Gasteiger partial charge in [0.2, 0.25) is 5.91 Å². The number of fused-ring (bicyclic) bond motifs is 1. The Labute approximate surface area is 189 Å². The summed E-state index contributed by atoms with van der Waals surface area (Å²) in [6.45, 7) is 2.27. The maximum absolute atomic E-state index is 13.1. The average molecular weight is 451 g/mol. The number of para-hydroxylation sites is 3. The highest BCUT2D eigenvalue weighted by Crippen LogP contribution is 2.21. The number of benzene rings is 2. The van der Waals surface area contributed by atoms with Gasteiger partial charge in [-0.15, -0.1) is 24.8 Å². The van der Waals surface area contributed by atoms with Crippen LogP contribution in [-0.4, -0.2) is 46.5 Å². The van der Waals surface area contributed by atoms with E-state index in [1.165, 1.54) is 0 Å². The fraction of sp³-hybridized carbons (Fsp3) is 0.364. The first-order valence-electron chi connectivity index (χ1n) is 9.82. The number of halogens is 2. The number of imidazole rings is 1. The zero-order valence-electron chi connectivity index (χ0n) is 17.0. The van der Waals surface area contributed by atoms with Crippen molar-refractivity contribution < 1.29 is 9.53 Å². The fourth-order valence-electron chi connectivity index (χ4n) is 3.91. The van der Waals surface area contributed by atoms with Gasteiger partial charge in [-0.2, -0.15) is 0 Å². The molecule has 0 radical (unpaired) electrons. The van der Waals surface area contributed by atoms with Crippen LogP contribution in [0.1, 0.15) is 18.7 Å². The van der Waals surface area contributed by atoms with Gasteiger partial charge in [-0.05, 0) is 44.2 Å². The number of nitrogens with one attached hydrogen (secondary N) is 1. The minimum absolute atomic E-state index is 0. The molecule has 0 aliphatic carbocycles. The SMILES string of the molecule is CNCC1CCCN1C(=O)Cn1c(COc2ccccc2)nc2ccccc21.Cl.Cl. The Morgan fingerprint density at radius 3 is 2.63 bits per heavy atom. The van der Waals surface area contributed by atoms with E-state index in [0.717, 1.165) is 48.5 Å². The zero-order chi connectivity index (χ0) is 19.3. The van der Waals surface area contributed by atoms with Gasteiger partial charge >= 0.3 is 0 Å². The van der Waals surface area contributed by atoms with Crippen LogP contribution < -0.4 is 10.1 Å². The summed E-state index contributed by atoms with van der Waals surface area (Å²) >= 11 is 0. The third kappa shape index (κ3) is 5.25. The molecule has 4 rings (SSSR count). The van der Waals surface area contributed by atoms with Crippen LogP contribution in [0.5, 0.6) is 5.75 Å². The Morgan fingerprint density at radius 2 is 1.87 bits per heavy atom. The second kappa shape index (κ2) is 11.2. The normalized spacial score (nSPS) is 15.5. The molecule has 0 bridgehead atoms. The lowest BCUT2D eigenvalue weighted by atomic mass is 10.2. The molecule has 1 unspecified atom stereocenters. The minimum atomic E-state index is 0. The molecule has 8 heteroatoms. The molecule has 1 N–H and O–H groups in total. The van der Waals surface area contributed by atoms with Gasteiger partial charge in [0.25, 0.3) is 0 Å². The van der Waals surface area contributed by atoms with Crippen molar-refractivity contribution in [3.63, 3.8) is 0 Å². The van der Waals surface area contributed by atoms with E-state index in [1.807, 2.05) is 71.1 Å². The first kappa shape index (κ1) is 24.0. The van der Waals surface area contributed by atoms with Crippen LogP contribution in [0.4, 0.5) is 0 Å². The van der Waals surface area contributed by atoms with Crippen LogP contribution in [0.25, 0.3) is 11.0 Å². The van der Waals surface area contributed by atoms with E-state index in [0.29, 0.717) is 6.61 Å². The highest BCUT2D eigenvalue weighted by Gasteiger charge is 2.28. The second-order valence-electron chi connectivity index (χ2n) is 7.15. The second-order valence-corrected chi connectivity index (χ2v) is 7.15. The summed E-state index contributed by atoms with van der Waals surface area (Å²) < 4.78 is 7.91. The first-order valence-corrected chi connectivity index (χ1v) is 9.82. The Kier molecular flexibility index (Phi) is 8.96. The van der Waals surface area contributed by atoms with Crippen molar-refractivity contribution in [1.29, 1.82) is 0 Å². The van der Waals surface area contributed by atoms with Crippen molar-refractivity contribution >= 4 is 41.8 Å². The number of carbonyl (C=O) groups excluding carboxylic acids is 1. The lowest BCUT2D eigenvalue weighted by Crippen LogP contribution is -2.42. The van der Waals surface area contributed by atoms with Gasteiger partial charge in [0.05, 0.1) is 11.0 Å². The smallest absolute Gasteiger partial charge is 0.242 e. The van der Waals surface area contributed by atoms with Crippen LogP contribution in [-0.2, 0) is 17.9 Å². The molecule has 3 aromatic rings. The summed E-state index contributed by atoms with van der Waals surface area (Å²) in [7, 11) is 1.93. The van der Waals surface area contributed by atoms with Crippen molar-refractivity contribution in [2.45, 2.75) is 32.0 Å². The van der Waals surface area contributed by atoms with Crippen LogP contribution in [0.15, 0.2) is 54.6 Å². The summed E-state index contributed by atoms with van der Waals surface area (Å²) in [5.74, 6) is 1.70. The number of rotatable bonds is 7. The molecule has 1 amide bonds. The molecular formula is C22H28Cl2N4O2. The van der Waals surface area contributed by atoms with E-state index < -0.39 is 0 Å². The highest BCUT2D eigenvalue weighted by atomic mass is 35.5. The fourth-order valence-corrected chi connectivity index (χ4v) is 3.91. The number of amides is 1. The van der Waals surface area contributed by atoms with Gasteiger partial charge in [-0.25, -0.2) is 4.98 Å². The molecule has 6 nitrogen and oxygen atoms in total. The van der Waals surface area contributed by atoms with Crippen molar-refractivity contribution in [2.24, 2.45) is 0 Å². The van der Waals surface area contributed by atoms with Crippen molar-refractivity contribution in [3.05, 3.63) is 60.4 Å². The summed E-state index contributed by atoms with van der Waals surface area (Å²) in [4.78, 5) is 19.8. The van der Waals surface area contributed by atoms with E-state index in [1.54, 1.807) is 0 Å². The molecule has 1 atom stereocenters. The van der Waals surface area contributed by atoms with Gasteiger partial charge in [0, 0.05) is 19.1 Å². The van der Waals surface area contributed by atoms with E-state index in [9.17, 15) is 4.79 Å². The lowest BCUT2D eigenvalue weighted by molar-refractivity contribution is -0.132. The number of ether oxygens (including phenoxy) is 1. The molecule has 2 heterocycles. The molecule has 1 saturated heterocycles. The summed E-state index contributed by atoms with van der Waals surface area (Å²) in [5, 5.41) is 3.20. The molecular weight excluding hydrogens is 423 g/mol. The Hall–Kier alpha value is -2.28. The molecule has 1 aromatic heterocycles. The Balaban J connectivity index is 0.00000160. The number of hydrogen-bond acceptors (Lipinski definition) is 4. The maximum Gasteiger partial charge on any atom is 0.242 e. The topological polar surface area (TPSA) is 59.4 Å². The predicted octanol–water partition coefficient (Wildman–Crippen LogP) is 3.67. The maximum atomic E-state index is 13.1. The quantitative estimate of drug-likeness (QED) is 0.596. The van der Waals surface area contributed by atoms with Crippen LogP contribution >= 0.6 is 24.8 Å². The highest BCUT2D eigenvalue weighted by molar-refractivity contribution is 5.85. The summed E-state index contributed by atoms with van der Waals surface area (Å²) in [5.41, 5.74) is 1.85. The van der Waals surface area contributed by atoms with E-state index in [2.05, 4.69) is 5.32 Å². The largest absolute Gasteiger partial charge is 0.486 e. The summed E-state index contributed by atoms with van der Waals surface area (Å²) in [6.07, 6.45) is 2.12. The van der Waals surface area contributed by atoms with Gasteiger partial charge < -0.3 is 19.5 Å². The third-order valence-electron chi connectivity index (χ3n) is 5.28. The molecule has 30 heavy (non-hydrogen) atoms. The minimum Gasteiger partial charge on any atom is -0.486 e. The number of likely N-dealkylation sites (tertiary alicyclic amines) is 1. The van der Waals surface area contributed by atoms with Crippen LogP contribution in [0.2, 0.25) is 0 Å². The number of carbonyl (C=O) groups is 1. The molecule has 162 valence electrons. The Morgan fingerprint density at radius 1 is 1.13 bits per heavy atom. The van der Waals surface area contributed by atoms with Crippen LogP contribution in [0, 0.1) is 0 Å². The molecule has 2 aromatic carbocycles. The van der Waals surface area contributed by atoms with Crippen molar-refractivity contribution in [3.8, 4) is 5.75 Å². The average Bonchev–Trinajstić information content (AvgIpc) is 3.32. The van der Waals surface area contributed by atoms with Gasteiger partial charge in [0.15, 0.2) is 0 Å². The van der Waals surface area contributed by atoms with Gasteiger partial charge in [-0.3, -0.25) is 4.79 Å².